The lowest BCUT2D eigenvalue weighted by Gasteiger charge is -2.21. The highest BCUT2D eigenvalue weighted by Gasteiger charge is 2.14. The van der Waals surface area contributed by atoms with Crippen LogP contribution in [0.25, 0.3) is 0 Å². The van der Waals surface area contributed by atoms with E-state index < -0.39 is 0 Å². The average Bonchev–Trinajstić information content (AvgIpc) is 2.53. The number of unbranched alkanes of at least 4 members (excludes halogenated alkanes) is 2. The van der Waals surface area contributed by atoms with E-state index in [9.17, 15) is 0 Å². The first-order valence-corrected chi connectivity index (χ1v) is 7.77. The van der Waals surface area contributed by atoms with Gasteiger partial charge in [0, 0.05) is 6.61 Å². The second-order valence-electron chi connectivity index (χ2n) is 5.44. The zero-order valence-corrected chi connectivity index (χ0v) is 12.8. The molecule has 0 aliphatic heterocycles. The number of aryl methyl sites for hydroxylation is 1. The van der Waals surface area contributed by atoms with Crippen molar-refractivity contribution in [2.75, 3.05) is 13.2 Å². The van der Waals surface area contributed by atoms with Crippen LogP contribution in [-0.4, -0.2) is 18.3 Å². The quantitative estimate of drug-likeness (QED) is 0.722. The fraction of sp³-hybridized carbons (Fsp3) is 0.368. The molecule has 0 aliphatic rings. The van der Waals surface area contributed by atoms with Gasteiger partial charge in [0.15, 0.2) is 0 Å². The third-order valence-corrected chi connectivity index (χ3v) is 3.82. The van der Waals surface area contributed by atoms with E-state index in [2.05, 4.69) is 66.8 Å². The van der Waals surface area contributed by atoms with Crippen molar-refractivity contribution in [1.82, 2.24) is 5.32 Å². The van der Waals surface area contributed by atoms with Gasteiger partial charge >= 0.3 is 0 Å². The van der Waals surface area contributed by atoms with Gasteiger partial charge in [0.05, 0.1) is 6.04 Å². The van der Waals surface area contributed by atoms with Crippen LogP contribution in [0.2, 0.25) is 0 Å². The number of hydrogen-bond donors (Lipinski definition) is 2. The van der Waals surface area contributed by atoms with Crippen molar-refractivity contribution >= 4 is 0 Å². The van der Waals surface area contributed by atoms with Crippen molar-refractivity contribution in [3.8, 4) is 0 Å². The van der Waals surface area contributed by atoms with Crippen LogP contribution in [0, 0.1) is 6.92 Å². The number of benzene rings is 2. The molecule has 112 valence electrons. The molecule has 0 radical (unpaired) electrons. The zero-order chi connectivity index (χ0) is 14.9. The SMILES string of the molecule is Cc1ccccc1C(NCCCCCO)c1ccccc1. The van der Waals surface area contributed by atoms with Gasteiger partial charge in [-0.15, -0.1) is 0 Å². The van der Waals surface area contributed by atoms with Gasteiger partial charge in [-0.2, -0.15) is 0 Å². The van der Waals surface area contributed by atoms with Crippen molar-refractivity contribution in [2.24, 2.45) is 0 Å². The standard InChI is InChI=1S/C19H25NO/c1-16-10-6-7-13-18(16)19(17-11-4-2-5-12-17)20-14-8-3-9-15-21/h2,4-7,10-13,19-21H,3,8-9,14-15H2,1H3. The Hall–Kier alpha value is -1.64. The van der Waals surface area contributed by atoms with Crippen LogP contribution in [0.5, 0.6) is 0 Å². The van der Waals surface area contributed by atoms with Crippen LogP contribution < -0.4 is 5.32 Å². The lowest BCUT2D eigenvalue weighted by atomic mass is 9.95. The fourth-order valence-corrected chi connectivity index (χ4v) is 2.62. The summed E-state index contributed by atoms with van der Waals surface area (Å²) in [7, 11) is 0. The maximum absolute atomic E-state index is 8.85. The lowest BCUT2D eigenvalue weighted by Crippen LogP contribution is -2.24. The van der Waals surface area contributed by atoms with Crippen molar-refractivity contribution in [3.63, 3.8) is 0 Å². The van der Waals surface area contributed by atoms with E-state index in [-0.39, 0.29) is 6.04 Å². The Morgan fingerprint density at radius 1 is 0.905 bits per heavy atom. The predicted octanol–water partition coefficient (Wildman–Crippen LogP) is 3.84. The summed E-state index contributed by atoms with van der Waals surface area (Å²) in [6, 6.07) is 19.4. The molecule has 2 aromatic rings. The Labute approximate surface area is 127 Å². The van der Waals surface area contributed by atoms with Gasteiger partial charge in [-0.05, 0) is 49.4 Å². The fourth-order valence-electron chi connectivity index (χ4n) is 2.62. The van der Waals surface area contributed by atoms with E-state index >= 15 is 0 Å². The summed E-state index contributed by atoms with van der Waals surface area (Å²) < 4.78 is 0. The van der Waals surface area contributed by atoms with Crippen molar-refractivity contribution < 1.29 is 5.11 Å². The average molecular weight is 283 g/mol. The highest BCUT2D eigenvalue weighted by molar-refractivity contribution is 5.36. The zero-order valence-electron chi connectivity index (χ0n) is 12.8. The second-order valence-corrected chi connectivity index (χ2v) is 5.44. The van der Waals surface area contributed by atoms with Gasteiger partial charge in [-0.1, -0.05) is 54.6 Å². The molecule has 0 spiro atoms. The monoisotopic (exact) mass is 283 g/mol. The van der Waals surface area contributed by atoms with Gasteiger partial charge < -0.3 is 10.4 Å². The number of hydrogen-bond acceptors (Lipinski definition) is 2. The third-order valence-electron chi connectivity index (χ3n) is 3.82. The molecule has 2 nitrogen and oxygen atoms in total. The molecule has 0 heterocycles. The molecule has 0 saturated heterocycles. The minimum absolute atomic E-state index is 0.238. The molecule has 2 heteroatoms. The van der Waals surface area contributed by atoms with Crippen molar-refractivity contribution in [2.45, 2.75) is 32.2 Å². The molecule has 1 unspecified atom stereocenters. The Bertz CT molecular complexity index is 524. The highest BCUT2D eigenvalue weighted by Crippen LogP contribution is 2.24. The second kappa shape index (κ2) is 8.60. The van der Waals surface area contributed by atoms with Crippen LogP contribution in [0.15, 0.2) is 54.6 Å². The number of rotatable bonds is 8. The first-order valence-electron chi connectivity index (χ1n) is 7.77. The topological polar surface area (TPSA) is 32.3 Å². The molecule has 0 aliphatic carbocycles. The van der Waals surface area contributed by atoms with E-state index in [1.54, 1.807) is 0 Å². The Morgan fingerprint density at radius 3 is 2.33 bits per heavy atom. The summed E-state index contributed by atoms with van der Waals surface area (Å²) in [5.41, 5.74) is 3.95. The molecule has 0 saturated carbocycles. The van der Waals surface area contributed by atoms with Crippen molar-refractivity contribution in [3.05, 3.63) is 71.3 Å². The van der Waals surface area contributed by atoms with E-state index in [4.69, 9.17) is 5.11 Å². The molecule has 2 N–H and O–H groups in total. The van der Waals surface area contributed by atoms with Crippen LogP contribution in [0.4, 0.5) is 0 Å². The lowest BCUT2D eigenvalue weighted by molar-refractivity contribution is 0.282. The van der Waals surface area contributed by atoms with Gasteiger partial charge in [-0.3, -0.25) is 0 Å². The van der Waals surface area contributed by atoms with E-state index in [0.29, 0.717) is 6.61 Å². The molecule has 0 amide bonds. The molecule has 2 aromatic carbocycles. The molecule has 1 atom stereocenters. The summed E-state index contributed by atoms with van der Waals surface area (Å²) in [6.07, 6.45) is 3.05. The molecule has 0 fully saturated rings. The molecular formula is C19H25NO. The molecule has 21 heavy (non-hydrogen) atoms. The predicted molar refractivity (Wildman–Crippen MR) is 88.4 cm³/mol. The summed E-state index contributed by atoms with van der Waals surface area (Å²) >= 11 is 0. The first-order chi connectivity index (χ1) is 10.3. The molecule has 2 rings (SSSR count). The van der Waals surface area contributed by atoms with Gasteiger partial charge in [-0.25, -0.2) is 0 Å². The smallest absolute Gasteiger partial charge is 0.0579 e. The van der Waals surface area contributed by atoms with Gasteiger partial charge in [0.2, 0.25) is 0 Å². The number of aliphatic hydroxyl groups is 1. The van der Waals surface area contributed by atoms with E-state index in [1.807, 2.05) is 0 Å². The summed E-state index contributed by atoms with van der Waals surface area (Å²) in [6.45, 7) is 3.42. The Morgan fingerprint density at radius 2 is 1.62 bits per heavy atom. The molecule has 0 aromatic heterocycles. The minimum atomic E-state index is 0.238. The maximum Gasteiger partial charge on any atom is 0.0579 e. The summed E-state index contributed by atoms with van der Waals surface area (Å²) in [5, 5.41) is 12.5. The highest BCUT2D eigenvalue weighted by atomic mass is 16.2. The van der Waals surface area contributed by atoms with Crippen LogP contribution in [0.1, 0.15) is 42.0 Å². The molecule has 0 bridgehead atoms. The van der Waals surface area contributed by atoms with Gasteiger partial charge in [0.1, 0.15) is 0 Å². The first kappa shape index (κ1) is 15.7. The maximum atomic E-state index is 8.85. The van der Waals surface area contributed by atoms with E-state index in [1.165, 1.54) is 16.7 Å². The Kier molecular flexibility index (Phi) is 6.45. The largest absolute Gasteiger partial charge is 0.396 e. The Balaban J connectivity index is 2.10. The van der Waals surface area contributed by atoms with Crippen LogP contribution in [0.3, 0.4) is 0 Å². The number of aliphatic hydroxyl groups excluding tert-OH is 1. The third kappa shape index (κ3) is 4.69. The van der Waals surface area contributed by atoms with Crippen LogP contribution >= 0.6 is 0 Å². The van der Waals surface area contributed by atoms with Gasteiger partial charge in [0.25, 0.3) is 0 Å². The summed E-state index contributed by atoms with van der Waals surface area (Å²) in [5.74, 6) is 0. The summed E-state index contributed by atoms with van der Waals surface area (Å²) in [4.78, 5) is 0. The minimum Gasteiger partial charge on any atom is -0.396 e. The van der Waals surface area contributed by atoms with E-state index in [0.717, 1.165) is 25.8 Å². The molecular weight excluding hydrogens is 258 g/mol. The number of nitrogens with one attached hydrogen (secondary N) is 1. The van der Waals surface area contributed by atoms with Crippen LogP contribution in [-0.2, 0) is 0 Å². The normalized spacial score (nSPS) is 12.3. The van der Waals surface area contributed by atoms with Crippen molar-refractivity contribution in [1.29, 1.82) is 0 Å².